The Balaban J connectivity index is 1.74. The zero-order chi connectivity index (χ0) is 18.5. The molecule has 0 amide bonds. The number of hydrogen-bond acceptors (Lipinski definition) is 3. The largest absolute Gasteiger partial charge is 0.481 e. The van der Waals surface area contributed by atoms with Gasteiger partial charge in [0.1, 0.15) is 0 Å². The number of carboxylic acids is 1. The molecule has 1 aromatic rings. The van der Waals surface area contributed by atoms with Gasteiger partial charge in [-0.25, -0.2) is 0 Å². The Labute approximate surface area is 150 Å². The van der Waals surface area contributed by atoms with Crippen LogP contribution in [0, 0.1) is 16.7 Å². The third kappa shape index (κ3) is 4.23. The minimum Gasteiger partial charge on any atom is -0.481 e. The molecule has 0 radical (unpaired) electrons. The van der Waals surface area contributed by atoms with Crippen LogP contribution in [0.2, 0.25) is 0 Å². The van der Waals surface area contributed by atoms with Crippen molar-refractivity contribution in [3.8, 4) is 0 Å². The molecule has 1 fully saturated rings. The number of ether oxygens (including phenoxy) is 1. The van der Waals surface area contributed by atoms with Crippen LogP contribution >= 0.6 is 0 Å². The summed E-state index contributed by atoms with van der Waals surface area (Å²) in [7, 11) is 0. The molecule has 1 aromatic carbocycles. The molecule has 0 heterocycles. The minimum absolute atomic E-state index is 0.246. The van der Waals surface area contributed by atoms with Crippen LogP contribution in [0.3, 0.4) is 0 Å². The normalized spacial score (nSPS) is 24.8. The highest BCUT2D eigenvalue weighted by Gasteiger charge is 2.59. The number of rotatable bonds is 8. The van der Waals surface area contributed by atoms with Crippen LogP contribution in [0.5, 0.6) is 0 Å². The number of hydrogen-bond donors (Lipinski definition) is 1. The molecule has 2 atom stereocenters. The van der Waals surface area contributed by atoms with Crippen molar-refractivity contribution in [1.29, 1.82) is 0 Å². The lowest BCUT2D eigenvalue weighted by molar-refractivity contribution is -0.163. The van der Waals surface area contributed by atoms with E-state index in [0.717, 1.165) is 25.7 Å². The Kier molecular flexibility index (Phi) is 6.26. The first-order valence-corrected chi connectivity index (χ1v) is 9.23. The first-order valence-electron chi connectivity index (χ1n) is 9.23. The van der Waals surface area contributed by atoms with E-state index in [1.54, 1.807) is 0 Å². The van der Waals surface area contributed by atoms with Crippen LogP contribution in [-0.2, 0) is 20.7 Å². The SMILES string of the molecule is CC1(C)[C@@H](C(=O)O)CC[C@@]1(C)C(=O)OCCCCCc1ccccc1. The van der Waals surface area contributed by atoms with Gasteiger partial charge in [0.05, 0.1) is 17.9 Å². The molecule has 0 spiro atoms. The molecule has 2 rings (SSSR count). The van der Waals surface area contributed by atoms with Gasteiger partial charge in [-0.15, -0.1) is 0 Å². The second-order valence-electron chi connectivity index (χ2n) is 7.92. The minimum atomic E-state index is -0.817. The van der Waals surface area contributed by atoms with E-state index in [-0.39, 0.29) is 5.97 Å². The molecule has 1 saturated carbocycles. The lowest BCUT2D eigenvalue weighted by atomic mass is 9.65. The van der Waals surface area contributed by atoms with E-state index in [2.05, 4.69) is 12.1 Å². The molecule has 4 heteroatoms. The van der Waals surface area contributed by atoms with Crippen LogP contribution in [-0.4, -0.2) is 23.7 Å². The van der Waals surface area contributed by atoms with E-state index < -0.39 is 22.7 Å². The molecule has 1 N–H and O–H groups in total. The number of carboxylic acid groups (broad SMARTS) is 1. The molecule has 138 valence electrons. The Morgan fingerprint density at radius 3 is 2.40 bits per heavy atom. The summed E-state index contributed by atoms with van der Waals surface area (Å²) in [6.45, 7) is 6.02. The summed E-state index contributed by atoms with van der Waals surface area (Å²) in [5.41, 5.74) is 0.0166. The Morgan fingerprint density at radius 1 is 1.12 bits per heavy atom. The summed E-state index contributed by atoms with van der Waals surface area (Å²) < 4.78 is 5.51. The van der Waals surface area contributed by atoms with Crippen LogP contribution in [0.4, 0.5) is 0 Å². The predicted molar refractivity (Wildman–Crippen MR) is 97.2 cm³/mol. The van der Waals surface area contributed by atoms with Gasteiger partial charge in [0.25, 0.3) is 0 Å². The molecule has 1 aliphatic carbocycles. The highest BCUT2D eigenvalue weighted by Crippen LogP contribution is 2.56. The quantitative estimate of drug-likeness (QED) is 0.557. The van der Waals surface area contributed by atoms with Crippen LogP contribution in [0.15, 0.2) is 30.3 Å². The van der Waals surface area contributed by atoms with Gasteiger partial charge in [-0.05, 0) is 56.4 Å². The van der Waals surface area contributed by atoms with Crippen molar-refractivity contribution < 1.29 is 19.4 Å². The van der Waals surface area contributed by atoms with E-state index in [0.29, 0.717) is 19.4 Å². The standard InChI is InChI=1S/C21H30O4/c1-20(2)17(18(22)23)13-14-21(20,3)19(24)25-15-9-5-8-12-16-10-6-4-7-11-16/h4,6-7,10-11,17H,5,8-9,12-15H2,1-3H3,(H,22,23)/t17-,21+/m1/s1. The summed E-state index contributed by atoms with van der Waals surface area (Å²) >= 11 is 0. The third-order valence-corrected chi connectivity index (χ3v) is 6.16. The fourth-order valence-corrected chi connectivity index (χ4v) is 3.87. The summed E-state index contributed by atoms with van der Waals surface area (Å²) in [5.74, 6) is -1.55. The fraction of sp³-hybridized carbons (Fsp3) is 0.619. The zero-order valence-corrected chi connectivity index (χ0v) is 15.6. The number of aryl methyl sites for hydroxylation is 1. The molecular weight excluding hydrogens is 316 g/mol. The van der Waals surface area contributed by atoms with Crippen LogP contribution in [0.1, 0.15) is 58.4 Å². The van der Waals surface area contributed by atoms with Crippen LogP contribution < -0.4 is 0 Å². The van der Waals surface area contributed by atoms with Gasteiger partial charge in [-0.2, -0.15) is 0 Å². The monoisotopic (exact) mass is 346 g/mol. The number of carbonyl (C=O) groups excluding carboxylic acids is 1. The zero-order valence-electron chi connectivity index (χ0n) is 15.6. The maximum Gasteiger partial charge on any atom is 0.312 e. The van der Waals surface area contributed by atoms with E-state index in [9.17, 15) is 14.7 Å². The van der Waals surface area contributed by atoms with Gasteiger partial charge in [0, 0.05) is 0 Å². The number of carbonyl (C=O) groups is 2. The lowest BCUT2D eigenvalue weighted by Crippen LogP contribution is -2.43. The van der Waals surface area contributed by atoms with Crippen molar-refractivity contribution in [2.24, 2.45) is 16.7 Å². The van der Waals surface area contributed by atoms with E-state index in [1.807, 2.05) is 39.0 Å². The van der Waals surface area contributed by atoms with Crippen molar-refractivity contribution in [1.82, 2.24) is 0 Å². The van der Waals surface area contributed by atoms with E-state index in [4.69, 9.17) is 4.74 Å². The molecule has 0 bridgehead atoms. The van der Waals surface area contributed by atoms with Crippen molar-refractivity contribution in [3.05, 3.63) is 35.9 Å². The highest BCUT2D eigenvalue weighted by molar-refractivity contribution is 5.81. The topological polar surface area (TPSA) is 63.6 Å². The molecule has 4 nitrogen and oxygen atoms in total. The van der Waals surface area contributed by atoms with Crippen molar-refractivity contribution >= 4 is 11.9 Å². The molecular formula is C21H30O4. The number of benzene rings is 1. The summed E-state index contributed by atoms with van der Waals surface area (Å²) in [5, 5.41) is 9.38. The lowest BCUT2D eigenvalue weighted by Gasteiger charge is -2.38. The molecule has 0 aliphatic heterocycles. The first kappa shape index (κ1) is 19.5. The number of unbranched alkanes of at least 4 members (excludes halogenated alkanes) is 2. The van der Waals surface area contributed by atoms with Gasteiger partial charge in [-0.3, -0.25) is 9.59 Å². The summed E-state index contributed by atoms with van der Waals surface area (Å²) in [4.78, 5) is 24.0. The van der Waals surface area contributed by atoms with Gasteiger partial charge in [0.15, 0.2) is 0 Å². The average molecular weight is 346 g/mol. The summed E-state index contributed by atoms with van der Waals surface area (Å²) in [6.07, 6.45) is 5.08. The second kappa shape index (κ2) is 8.03. The second-order valence-corrected chi connectivity index (χ2v) is 7.92. The van der Waals surface area contributed by atoms with Gasteiger partial charge in [0.2, 0.25) is 0 Å². The molecule has 0 aromatic heterocycles. The van der Waals surface area contributed by atoms with Gasteiger partial charge < -0.3 is 9.84 Å². The first-order chi connectivity index (χ1) is 11.8. The maximum atomic E-state index is 12.6. The van der Waals surface area contributed by atoms with Crippen molar-refractivity contribution in [2.45, 2.75) is 59.3 Å². The number of esters is 1. The Morgan fingerprint density at radius 2 is 1.80 bits per heavy atom. The molecule has 0 unspecified atom stereocenters. The fourth-order valence-electron chi connectivity index (χ4n) is 3.87. The third-order valence-electron chi connectivity index (χ3n) is 6.16. The highest BCUT2D eigenvalue weighted by atomic mass is 16.5. The van der Waals surface area contributed by atoms with E-state index >= 15 is 0 Å². The average Bonchev–Trinajstić information content (AvgIpc) is 2.82. The molecule has 0 saturated heterocycles. The van der Waals surface area contributed by atoms with E-state index in [1.165, 1.54) is 5.56 Å². The van der Waals surface area contributed by atoms with Crippen molar-refractivity contribution in [2.75, 3.05) is 6.61 Å². The smallest absolute Gasteiger partial charge is 0.312 e. The predicted octanol–water partition coefficient (Wildman–Crippen LogP) is 4.47. The molecule has 25 heavy (non-hydrogen) atoms. The maximum absolute atomic E-state index is 12.6. The van der Waals surface area contributed by atoms with Crippen molar-refractivity contribution in [3.63, 3.8) is 0 Å². The van der Waals surface area contributed by atoms with Gasteiger partial charge >= 0.3 is 11.9 Å². The van der Waals surface area contributed by atoms with Crippen LogP contribution in [0.25, 0.3) is 0 Å². The summed E-state index contributed by atoms with van der Waals surface area (Å²) in [6, 6.07) is 10.4. The number of aliphatic carboxylic acids is 1. The Bertz CT molecular complexity index is 593. The molecule has 1 aliphatic rings. The van der Waals surface area contributed by atoms with Gasteiger partial charge in [-0.1, -0.05) is 44.2 Å². The Hall–Kier alpha value is -1.84.